The predicted molar refractivity (Wildman–Crippen MR) is 148 cm³/mol. The lowest BCUT2D eigenvalue weighted by molar-refractivity contribution is -0.128. The number of hydrogen-bond donors (Lipinski definition) is 2. The minimum absolute atomic E-state index is 0.0885. The first kappa shape index (κ1) is 27.2. The highest BCUT2D eigenvalue weighted by molar-refractivity contribution is 6.00. The van der Waals surface area contributed by atoms with Gasteiger partial charge in [0.25, 0.3) is 5.91 Å². The smallest absolute Gasteiger partial charge is 0.252 e. The molecule has 0 spiro atoms. The fraction of sp³-hybridized carbons (Fsp3) is 0.355. The minimum Gasteiger partial charge on any atom is -0.494 e. The molecule has 1 amide bonds. The van der Waals surface area contributed by atoms with Crippen molar-refractivity contribution in [3.05, 3.63) is 95.6 Å². The number of carbonyl (C=O) groups excluding carboxylic acids is 1. The Kier molecular flexibility index (Phi) is 9.38. The Labute approximate surface area is 224 Å². The minimum atomic E-state index is -1.10. The summed E-state index contributed by atoms with van der Waals surface area (Å²) in [6.45, 7) is 5.43. The van der Waals surface area contributed by atoms with Gasteiger partial charge in [-0.15, -0.1) is 0 Å². The van der Waals surface area contributed by atoms with Crippen molar-refractivity contribution in [2.75, 3.05) is 26.4 Å². The van der Waals surface area contributed by atoms with E-state index in [2.05, 4.69) is 5.32 Å². The second-order valence-corrected chi connectivity index (χ2v) is 9.26. The van der Waals surface area contributed by atoms with Gasteiger partial charge in [0.1, 0.15) is 17.6 Å². The van der Waals surface area contributed by atoms with E-state index < -0.39 is 11.6 Å². The van der Waals surface area contributed by atoms with Crippen molar-refractivity contribution in [3.63, 3.8) is 0 Å². The summed E-state index contributed by atoms with van der Waals surface area (Å²) in [5.74, 6) is 1.81. The Hall–Kier alpha value is -3.84. The zero-order valence-corrected chi connectivity index (χ0v) is 22.1. The number of benzene rings is 3. The molecule has 0 aromatic heterocycles. The molecule has 200 valence electrons. The van der Waals surface area contributed by atoms with Gasteiger partial charge in [0, 0.05) is 31.6 Å². The van der Waals surface area contributed by atoms with Crippen molar-refractivity contribution in [2.45, 2.75) is 44.8 Å². The first-order chi connectivity index (χ1) is 18.6. The van der Waals surface area contributed by atoms with Gasteiger partial charge in [-0.3, -0.25) is 4.79 Å². The van der Waals surface area contributed by atoms with Gasteiger partial charge in [0.15, 0.2) is 5.54 Å². The second kappa shape index (κ2) is 13.1. The van der Waals surface area contributed by atoms with Crippen LogP contribution >= 0.6 is 0 Å². The van der Waals surface area contributed by atoms with Crippen LogP contribution in [0, 0.1) is 0 Å². The molecule has 2 atom stereocenters. The number of hydrogen-bond acceptors (Lipinski definition) is 6. The molecule has 0 radical (unpaired) electrons. The highest BCUT2D eigenvalue weighted by atomic mass is 16.5. The highest BCUT2D eigenvalue weighted by Crippen LogP contribution is 2.33. The van der Waals surface area contributed by atoms with E-state index in [-0.39, 0.29) is 12.5 Å². The second-order valence-electron chi connectivity index (χ2n) is 9.26. The lowest BCUT2D eigenvalue weighted by Crippen LogP contribution is -2.52. The summed E-state index contributed by atoms with van der Waals surface area (Å²) in [7, 11) is 0. The van der Waals surface area contributed by atoms with Crippen LogP contribution in [0.4, 0.5) is 0 Å². The maximum absolute atomic E-state index is 13.8. The van der Waals surface area contributed by atoms with Crippen LogP contribution in [0.5, 0.6) is 11.5 Å². The number of aliphatic hydroxyl groups is 1. The van der Waals surface area contributed by atoms with Crippen molar-refractivity contribution in [2.24, 2.45) is 4.99 Å². The highest BCUT2D eigenvalue weighted by Gasteiger charge is 2.50. The zero-order valence-electron chi connectivity index (χ0n) is 22.1. The molecule has 7 heteroatoms. The van der Waals surface area contributed by atoms with Crippen LogP contribution in [0.3, 0.4) is 0 Å². The van der Waals surface area contributed by atoms with Crippen molar-refractivity contribution in [3.8, 4) is 11.5 Å². The van der Waals surface area contributed by atoms with Crippen LogP contribution in [0.15, 0.2) is 83.9 Å². The SMILES string of the molecule is CCOc1ccccc1CCNC(=O)[C@]1(Cc2ccccc2)N=C(c2ccc(OCCCO)cc2)O[C@@H]1C. The first-order valence-electron chi connectivity index (χ1n) is 13.2. The molecule has 0 unspecified atom stereocenters. The summed E-state index contributed by atoms with van der Waals surface area (Å²) in [6, 6.07) is 25.2. The van der Waals surface area contributed by atoms with Gasteiger partial charge < -0.3 is 24.6 Å². The number of carbonyl (C=O) groups is 1. The number of rotatable bonds is 13. The molecule has 0 fully saturated rings. The number of ether oxygens (including phenoxy) is 3. The fourth-order valence-electron chi connectivity index (χ4n) is 4.52. The third kappa shape index (κ3) is 6.53. The van der Waals surface area contributed by atoms with E-state index in [1.807, 2.05) is 92.7 Å². The van der Waals surface area contributed by atoms with E-state index in [4.69, 9.17) is 24.3 Å². The molecule has 0 saturated carbocycles. The number of nitrogens with zero attached hydrogens (tertiary/aromatic N) is 1. The molecule has 7 nitrogen and oxygen atoms in total. The molecule has 3 aromatic carbocycles. The molecule has 1 aliphatic heterocycles. The third-order valence-electron chi connectivity index (χ3n) is 6.60. The average molecular weight is 517 g/mol. The van der Waals surface area contributed by atoms with Gasteiger partial charge in [0.05, 0.1) is 13.2 Å². The molecule has 3 aromatic rings. The van der Waals surface area contributed by atoms with Crippen LogP contribution in [0.2, 0.25) is 0 Å². The summed E-state index contributed by atoms with van der Waals surface area (Å²) in [4.78, 5) is 18.7. The molecule has 2 N–H and O–H groups in total. The Morgan fingerprint density at radius 1 is 1.03 bits per heavy atom. The van der Waals surface area contributed by atoms with Gasteiger partial charge in [-0.25, -0.2) is 4.99 Å². The normalized spacial score (nSPS) is 18.4. The van der Waals surface area contributed by atoms with Gasteiger partial charge in [-0.05, 0) is 61.7 Å². The first-order valence-corrected chi connectivity index (χ1v) is 13.2. The molecule has 4 rings (SSSR count). The van der Waals surface area contributed by atoms with Crippen LogP contribution in [0.1, 0.15) is 37.0 Å². The van der Waals surface area contributed by atoms with Crippen LogP contribution in [-0.2, 0) is 22.4 Å². The molecule has 1 aliphatic rings. The van der Waals surface area contributed by atoms with E-state index in [1.165, 1.54) is 0 Å². The van der Waals surface area contributed by atoms with Crippen molar-refractivity contribution >= 4 is 11.8 Å². The summed E-state index contributed by atoms with van der Waals surface area (Å²) >= 11 is 0. The van der Waals surface area contributed by atoms with Gasteiger partial charge in [-0.2, -0.15) is 0 Å². The quantitative estimate of drug-likeness (QED) is 0.330. The zero-order chi connectivity index (χ0) is 26.8. The Morgan fingerprint density at radius 3 is 2.50 bits per heavy atom. The lowest BCUT2D eigenvalue weighted by atomic mass is 9.86. The molecule has 0 saturated heterocycles. The van der Waals surface area contributed by atoms with Crippen LogP contribution in [-0.4, -0.2) is 54.9 Å². The third-order valence-corrected chi connectivity index (χ3v) is 6.60. The summed E-state index contributed by atoms with van der Waals surface area (Å²) in [6.07, 6.45) is 1.17. The number of nitrogens with one attached hydrogen (secondary N) is 1. The van der Waals surface area contributed by atoms with Gasteiger partial charge in [-0.1, -0.05) is 48.5 Å². The fourth-order valence-corrected chi connectivity index (χ4v) is 4.52. The molecule has 38 heavy (non-hydrogen) atoms. The molecule has 1 heterocycles. The predicted octanol–water partition coefficient (Wildman–Crippen LogP) is 4.35. The van der Waals surface area contributed by atoms with E-state index in [0.29, 0.717) is 50.7 Å². The van der Waals surface area contributed by atoms with Gasteiger partial charge >= 0.3 is 0 Å². The summed E-state index contributed by atoms with van der Waals surface area (Å²) in [5, 5.41) is 12.1. The number of amides is 1. The molecule has 0 aliphatic carbocycles. The Balaban J connectivity index is 1.53. The molecule has 0 bridgehead atoms. The van der Waals surface area contributed by atoms with E-state index >= 15 is 0 Å². The Morgan fingerprint density at radius 2 is 1.76 bits per heavy atom. The maximum atomic E-state index is 13.8. The average Bonchev–Trinajstić information content (AvgIpc) is 3.27. The number of para-hydroxylation sites is 1. The van der Waals surface area contributed by atoms with E-state index in [1.54, 1.807) is 0 Å². The molecular weight excluding hydrogens is 480 g/mol. The van der Waals surface area contributed by atoms with E-state index in [0.717, 1.165) is 22.4 Å². The maximum Gasteiger partial charge on any atom is 0.252 e. The Bertz CT molecular complexity index is 1210. The van der Waals surface area contributed by atoms with Crippen molar-refractivity contribution in [1.82, 2.24) is 5.32 Å². The monoisotopic (exact) mass is 516 g/mol. The van der Waals surface area contributed by atoms with Gasteiger partial charge in [0.2, 0.25) is 5.90 Å². The molecular formula is C31H36N2O5. The topological polar surface area (TPSA) is 89.4 Å². The largest absolute Gasteiger partial charge is 0.494 e. The summed E-state index contributed by atoms with van der Waals surface area (Å²) in [5.41, 5.74) is 1.73. The number of aliphatic imine (C=N–C) groups is 1. The van der Waals surface area contributed by atoms with Crippen LogP contribution < -0.4 is 14.8 Å². The van der Waals surface area contributed by atoms with Crippen molar-refractivity contribution < 1.29 is 24.1 Å². The standard InChI is InChI=1S/C31H36N2O5/c1-3-36-28-13-8-7-12-25(28)18-19-32-30(35)31(22-24-10-5-4-6-11-24)23(2)38-29(33-31)26-14-16-27(17-15-26)37-21-9-20-34/h4-8,10-17,23,34H,3,9,18-22H2,1-2H3,(H,32,35)/t23-,31-/m1/s1. The lowest BCUT2D eigenvalue weighted by Gasteiger charge is -2.28. The van der Waals surface area contributed by atoms with Crippen molar-refractivity contribution in [1.29, 1.82) is 0 Å². The summed E-state index contributed by atoms with van der Waals surface area (Å²) < 4.78 is 17.6. The van der Waals surface area contributed by atoms with Crippen LogP contribution in [0.25, 0.3) is 0 Å². The number of aliphatic hydroxyl groups excluding tert-OH is 1. The van der Waals surface area contributed by atoms with E-state index in [9.17, 15) is 4.79 Å².